The van der Waals surface area contributed by atoms with E-state index in [-0.39, 0.29) is 56.2 Å². The number of ketones is 4. The van der Waals surface area contributed by atoms with Gasteiger partial charge in [-0.25, -0.2) is 19.9 Å². The number of hydrogen-bond donors (Lipinski definition) is 8. The van der Waals surface area contributed by atoms with E-state index in [9.17, 15) is 38.4 Å². The number of amidine groups is 3. The number of carbonyl (C=O) groups is 8. The standard InChI is InChI=1S/C28H29Cl2N5O2.C27H27Cl2N5O2.C25H23Cl2N5O2.C24H22Cl2N4O2.CH4/c1-34(2)24-15-21(30)14-23(28(37)33-26-11-10-20(29)17-32-26)22(24)16-25(36)18-6-8-19(9-7-18)27(31)35-12-4-3-5-13-35;1-33(2)23-14-20(29)13-22(27(36)32-25-10-9-19(28)16-31-25)21(23)15-24(35)17-5-7-18(8-6-17)26(30)34-11-3-4-12-34;1-32(2)21-12-18(27)11-20(25(34)31-23-8-7-17(26)14-30-23)19(21)13-22(33)15-3-5-16(6-4-15)24-28-9-10-29-24;1-14(27)15-4-6-16(7-5-15)22(31)12-19-20(10-18(26)11-21(19)30(2)3)24(32)29-23-9-8-17(25)13-28-23;/h6-11,14-15,17,31H,3-5,12-13,16H2,1-2H3,(H,32,33,37);5-10,13-14,16,30H,3-4,11-12,15H2,1-2H3,(H,31,32,36);3-8,11-12,14H,9-10,13H2,1-2H3,(H,28,29)(H,30,31,34);4-11,13,27H,12H2,1-3H3,(H,28,29,32);1H4. The van der Waals surface area contributed by atoms with E-state index in [1.807, 2.05) is 117 Å². The minimum atomic E-state index is -0.428. The quantitative estimate of drug-likeness (QED) is 0.0128. The molecule has 0 saturated carbocycles. The van der Waals surface area contributed by atoms with E-state index < -0.39 is 23.6 Å². The molecule has 7 heterocycles. The van der Waals surface area contributed by atoms with Gasteiger partial charge in [-0.05, 0) is 164 Å². The zero-order valence-corrected chi connectivity index (χ0v) is 83.6. The number of rotatable bonds is 28. The molecule has 8 N–H and O–H groups in total. The second-order valence-electron chi connectivity index (χ2n) is 33.6. The molecular weight excluding hydrogens is 1940 g/mol. The molecule has 8 aromatic carbocycles. The van der Waals surface area contributed by atoms with Gasteiger partial charge in [0.05, 0.1) is 26.6 Å². The molecule has 140 heavy (non-hydrogen) atoms. The fraction of sp³-hybridized carbons (Fsp3) is 0.238. The number of halogens is 8. The van der Waals surface area contributed by atoms with Crippen LogP contribution in [0.5, 0.6) is 0 Å². The summed E-state index contributed by atoms with van der Waals surface area (Å²) in [6.45, 7) is 6.81. The number of benzene rings is 8. The fourth-order valence-electron chi connectivity index (χ4n) is 15.6. The third-order valence-electron chi connectivity index (χ3n) is 22.7. The number of likely N-dealkylation sites (tertiary alicyclic amines) is 2. The topological polar surface area (TPSA) is 352 Å². The molecule has 27 nitrogen and oxygen atoms in total. The predicted molar refractivity (Wildman–Crippen MR) is 568 cm³/mol. The van der Waals surface area contributed by atoms with E-state index >= 15 is 0 Å². The summed E-state index contributed by atoms with van der Waals surface area (Å²) >= 11 is 48.8. The number of nitrogens with one attached hydrogen (secondary N) is 8. The number of amides is 4. The Kier molecular flexibility index (Phi) is 38.1. The smallest absolute Gasteiger partial charge is 0.257 e. The highest BCUT2D eigenvalue weighted by Gasteiger charge is 2.29. The lowest BCUT2D eigenvalue weighted by Crippen LogP contribution is -2.35. The lowest BCUT2D eigenvalue weighted by atomic mass is 9.95. The van der Waals surface area contributed by atoms with E-state index in [1.54, 1.807) is 165 Å². The van der Waals surface area contributed by atoms with Crippen molar-refractivity contribution >= 4 is 209 Å². The number of nitrogens with zero attached hydrogens (tertiary/aromatic N) is 11. The first-order valence-electron chi connectivity index (χ1n) is 44.2. The molecule has 12 aromatic rings. The molecule has 0 spiro atoms. The summed E-state index contributed by atoms with van der Waals surface area (Å²) in [5.41, 5.74) is 11.9. The van der Waals surface area contributed by atoms with Crippen LogP contribution in [0.4, 0.5) is 46.0 Å². The first kappa shape index (κ1) is 107. The highest BCUT2D eigenvalue weighted by Crippen LogP contribution is 2.36. The van der Waals surface area contributed by atoms with E-state index in [0.717, 1.165) is 93.0 Å². The van der Waals surface area contributed by atoms with E-state index in [4.69, 9.17) is 109 Å². The van der Waals surface area contributed by atoms with E-state index in [1.165, 1.54) is 31.2 Å². The van der Waals surface area contributed by atoms with Crippen molar-refractivity contribution in [3.63, 3.8) is 0 Å². The lowest BCUT2D eigenvalue weighted by molar-refractivity contribution is 0.0980. The Bertz CT molecular complexity index is 6600. The van der Waals surface area contributed by atoms with Gasteiger partial charge in [0.25, 0.3) is 23.6 Å². The van der Waals surface area contributed by atoms with Gasteiger partial charge >= 0.3 is 0 Å². The highest BCUT2D eigenvalue weighted by atomic mass is 35.5. The summed E-state index contributed by atoms with van der Waals surface area (Å²) in [6, 6.07) is 54.5. The van der Waals surface area contributed by atoms with Crippen LogP contribution in [0.1, 0.15) is 174 Å². The third kappa shape index (κ3) is 28.9. The average Bonchev–Trinajstić information content (AvgIpc) is 0.905. The van der Waals surface area contributed by atoms with Crippen molar-refractivity contribution in [3.8, 4) is 0 Å². The molecule has 0 atom stereocenters. The molecule has 0 aliphatic carbocycles. The number of aromatic nitrogens is 4. The molecule has 2 saturated heterocycles. The molecule has 0 bridgehead atoms. The summed E-state index contributed by atoms with van der Waals surface area (Å²) in [5, 5.41) is 42.2. The zero-order chi connectivity index (χ0) is 100. The Hall–Kier alpha value is -13.5. The number of pyridine rings is 4. The van der Waals surface area contributed by atoms with Crippen molar-refractivity contribution in [1.29, 1.82) is 16.2 Å². The summed E-state index contributed by atoms with van der Waals surface area (Å²) in [5.74, 6) is 0.926. The maximum absolute atomic E-state index is 13.4. The van der Waals surface area contributed by atoms with Crippen LogP contribution in [-0.2, 0) is 25.7 Å². The fourth-order valence-corrected chi connectivity index (χ4v) is 16.9. The molecule has 3 aliphatic heterocycles. The van der Waals surface area contributed by atoms with Crippen LogP contribution >= 0.6 is 92.8 Å². The van der Waals surface area contributed by atoms with Crippen LogP contribution in [0.15, 0.2) is 224 Å². The molecule has 15 rings (SSSR count). The van der Waals surface area contributed by atoms with Gasteiger partial charge in [-0.1, -0.05) is 197 Å². The number of hydrogen-bond acceptors (Lipinski definition) is 21. The van der Waals surface area contributed by atoms with Crippen molar-refractivity contribution in [2.24, 2.45) is 4.99 Å². The molecule has 0 unspecified atom stereocenters. The predicted octanol–water partition coefficient (Wildman–Crippen LogP) is 22.1. The number of carbonyl (C=O) groups excluding carboxylic acids is 8. The minimum Gasteiger partial charge on any atom is -0.377 e. The van der Waals surface area contributed by atoms with Crippen LogP contribution in [0.25, 0.3) is 0 Å². The molecule has 2 fully saturated rings. The molecule has 0 radical (unpaired) electrons. The molecule has 724 valence electrons. The molecule has 4 aromatic heterocycles. The van der Waals surface area contributed by atoms with Gasteiger partial charge < -0.3 is 61.4 Å². The summed E-state index contributed by atoms with van der Waals surface area (Å²) in [6.07, 6.45) is 11.4. The second kappa shape index (κ2) is 49.9. The van der Waals surface area contributed by atoms with Crippen LogP contribution in [0.2, 0.25) is 40.2 Å². The van der Waals surface area contributed by atoms with Gasteiger partial charge in [0, 0.05) is 249 Å². The molecule has 35 heteroatoms. The molecule has 4 amide bonds. The van der Waals surface area contributed by atoms with Crippen LogP contribution in [0.3, 0.4) is 0 Å². The van der Waals surface area contributed by atoms with Gasteiger partial charge in [-0.3, -0.25) is 54.2 Å². The zero-order valence-electron chi connectivity index (χ0n) is 77.6. The Balaban J connectivity index is 0.000000178. The van der Waals surface area contributed by atoms with Gasteiger partial charge in [-0.2, -0.15) is 0 Å². The Morgan fingerprint density at radius 3 is 0.800 bits per heavy atom. The van der Waals surface area contributed by atoms with E-state index in [2.05, 4.69) is 56.4 Å². The molecular formula is C105H105Cl8N19O8. The number of aliphatic imine (C=N–C) groups is 1. The van der Waals surface area contributed by atoms with Crippen LogP contribution in [-0.4, -0.2) is 195 Å². The van der Waals surface area contributed by atoms with Crippen LogP contribution in [0, 0.1) is 16.2 Å². The van der Waals surface area contributed by atoms with Crippen molar-refractivity contribution in [2.45, 2.75) is 72.1 Å². The van der Waals surface area contributed by atoms with Crippen molar-refractivity contribution in [3.05, 3.63) is 348 Å². The SMILES string of the molecule is C.CC(=N)c1ccc(C(=O)Cc2c(C(=O)Nc3ccc(Cl)cn3)cc(Cl)cc2N(C)C)cc1.CN(C)c1cc(Cl)cc(C(=O)Nc2ccc(Cl)cn2)c1CC(=O)c1ccc(C(=N)N2CCCC2)cc1.CN(C)c1cc(Cl)cc(C(=O)Nc2ccc(Cl)cn2)c1CC(=O)c1ccc(C(=N)N2CCCCC2)cc1.CN(C)c1cc(Cl)cc(C(=O)Nc2ccc(Cl)cn2)c1CC(=O)c1ccc(C2=NCCN2)cc1. The second-order valence-corrected chi connectivity index (χ2v) is 37.1. The maximum atomic E-state index is 13.4. The average molecular weight is 2040 g/mol. The first-order valence-corrected chi connectivity index (χ1v) is 47.2. The Morgan fingerprint density at radius 1 is 0.329 bits per heavy atom. The van der Waals surface area contributed by atoms with Gasteiger partial charge in [0.2, 0.25) is 0 Å². The number of piperidine rings is 1. The Labute approximate surface area is 853 Å². The maximum Gasteiger partial charge on any atom is 0.257 e. The summed E-state index contributed by atoms with van der Waals surface area (Å²) in [7, 11) is 14.7. The Morgan fingerprint density at radius 2 is 0.571 bits per heavy atom. The van der Waals surface area contributed by atoms with Gasteiger partial charge in [-0.15, -0.1) is 0 Å². The monoisotopic (exact) mass is 2040 g/mol. The molecule has 3 aliphatic rings. The van der Waals surface area contributed by atoms with Crippen LogP contribution < -0.4 is 46.2 Å². The summed E-state index contributed by atoms with van der Waals surface area (Å²) < 4.78 is 0. The normalized spacial score (nSPS) is 12.3. The van der Waals surface area contributed by atoms with Crippen molar-refractivity contribution in [1.82, 2.24) is 35.1 Å². The minimum absolute atomic E-state index is 0. The van der Waals surface area contributed by atoms with Crippen molar-refractivity contribution < 1.29 is 38.4 Å². The number of anilines is 8. The van der Waals surface area contributed by atoms with Crippen molar-refractivity contribution in [2.75, 3.05) is 137 Å². The largest absolute Gasteiger partial charge is 0.377 e. The van der Waals surface area contributed by atoms with Gasteiger partial charge in [0.15, 0.2) is 23.1 Å². The summed E-state index contributed by atoms with van der Waals surface area (Å²) in [4.78, 5) is 138. The first-order chi connectivity index (χ1) is 66.4. The highest BCUT2D eigenvalue weighted by molar-refractivity contribution is 6.34. The van der Waals surface area contributed by atoms with E-state index in [0.29, 0.717) is 170 Å². The lowest BCUT2D eigenvalue weighted by Gasteiger charge is -2.29. The number of Topliss-reactive ketones (excluding diaryl/α,β-unsaturated/α-hetero) is 4. The third-order valence-corrected chi connectivity index (χ3v) is 24.5. The van der Waals surface area contributed by atoms with Gasteiger partial charge in [0.1, 0.15) is 40.8 Å².